The summed E-state index contributed by atoms with van der Waals surface area (Å²) in [6.07, 6.45) is 5.18. The number of hydrogen-bond acceptors (Lipinski definition) is 1. The number of amides is 1. The number of anilines is 1. The van der Waals surface area contributed by atoms with Crippen LogP contribution in [0, 0.1) is 5.92 Å². The zero-order chi connectivity index (χ0) is 13.4. The number of rotatable bonds is 7. The lowest BCUT2D eigenvalue weighted by atomic mass is 9.98. The fourth-order valence-electron chi connectivity index (χ4n) is 2.08. The number of carbonyl (C=O) groups excluding carboxylic acids is 1. The van der Waals surface area contributed by atoms with Crippen molar-refractivity contribution in [2.24, 2.45) is 5.92 Å². The quantitative estimate of drug-likeness (QED) is 0.760. The van der Waals surface area contributed by atoms with E-state index in [1.54, 1.807) is 0 Å². The van der Waals surface area contributed by atoms with Gasteiger partial charge in [-0.05, 0) is 37.0 Å². The molecule has 1 aromatic rings. The van der Waals surface area contributed by atoms with Gasteiger partial charge in [-0.2, -0.15) is 0 Å². The highest BCUT2D eigenvalue weighted by Crippen LogP contribution is 2.17. The zero-order valence-corrected chi connectivity index (χ0v) is 11.8. The Balaban J connectivity index is 2.61. The second-order valence-electron chi connectivity index (χ2n) is 4.79. The minimum Gasteiger partial charge on any atom is -0.326 e. The lowest BCUT2D eigenvalue weighted by Crippen LogP contribution is -2.22. The molecule has 0 fully saturated rings. The number of carbonyl (C=O) groups is 1. The van der Waals surface area contributed by atoms with Gasteiger partial charge in [-0.3, -0.25) is 4.79 Å². The van der Waals surface area contributed by atoms with E-state index in [0.29, 0.717) is 0 Å². The van der Waals surface area contributed by atoms with Crippen molar-refractivity contribution < 1.29 is 4.79 Å². The number of unbranched alkanes of at least 4 members (excludes halogenated alkanes) is 1. The van der Waals surface area contributed by atoms with E-state index in [-0.39, 0.29) is 11.8 Å². The van der Waals surface area contributed by atoms with Gasteiger partial charge in [0.05, 0.1) is 0 Å². The maximum absolute atomic E-state index is 12.1. The van der Waals surface area contributed by atoms with E-state index in [1.165, 1.54) is 5.56 Å². The number of benzene rings is 1. The molecule has 1 aromatic carbocycles. The second kappa shape index (κ2) is 7.91. The lowest BCUT2D eigenvalue weighted by Gasteiger charge is -2.15. The Bertz CT molecular complexity index is 373. The van der Waals surface area contributed by atoms with Gasteiger partial charge < -0.3 is 5.32 Å². The van der Waals surface area contributed by atoms with Gasteiger partial charge in [0.1, 0.15) is 0 Å². The van der Waals surface area contributed by atoms with Gasteiger partial charge in [0.2, 0.25) is 5.91 Å². The van der Waals surface area contributed by atoms with Crippen molar-refractivity contribution in [2.45, 2.75) is 52.9 Å². The minimum absolute atomic E-state index is 0.148. The molecule has 1 amide bonds. The number of nitrogens with one attached hydrogen (secondary N) is 1. The van der Waals surface area contributed by atoms with Crippen molar-refractivity contribution in [3.05, 3.63) is 29.8 Å². The Morgan fingerprint density at radius 3 is 2.67 bits per heavy atom. The van der Waals surface area contributed by atoms with Crippen LogP contribution in [0.3, 0.4) is 0 Å². The van der Waals surface area contributed by atoms with Crippen molar-refractivity contribution >= 4 is 11.6 Å². The van der Waals surface area contributed by atoms with Crippen LogP contribution in [0.25, 0.3) is 0 Å². The molecular formula is C16H25NO. The fraction of sp³-hybridized carbons (Fsp3) is 0.562. The predicted molar refractivity (Wildman–Crippen MR) is 77.8 cm³/mol. The number of aryl methyl sites for hydroxylation is 1. The molecule has 0 radical (unpaired) electrons. The smallest absolute Gasteiger partial charge is 0.227 e. The molecule has 2 heteroatoms. The van der Waals surface area contributed by atoms with Gasteiger partial charge >= 0.3 is 0 Å². The Kier molecular flexibility index (Phi) is 6.48. The average molecular weight is 247 g/mol. The van der Waals surface area contributed by atoms with Crippen molar-refractivity contribution in [1.29, 1.82) is 0 Å². The zero-order valence-electron chi connectivity index (χ0n) is 11.8. The summed E-state index contributed by atoms with van der Waals surface area (Å²) < 4.78 is 0. The molecule has 0 aromatic heterocycles. The molecule has 0 saturated carbocycles. The molecule has 1 rings (SSSR count). The largest absolute Gasteiger partial charge is 0.326 e. The Morgan fingerprint density at radius 1 is 1.28 bits per heavy atom. The Hall–Kier alpha value is -1.31. The van der Waals surface area contributed by atoms with E-state index in [1.807, 2.05) is 12.1 Å². The van der Waals surface area contributed by atoms with Gasteiger partial charge in [-0.25, -0.2) is 0 Å². The van der Waals surface area contributed by atoms with Crippen LogP contribution < -0.4 is 5.32 Å². The molecule has 1 unspecified atom stereocenters. The molecule has 0 aliphatic rings. The first-order valence-electron chi connectivity index (χ1n) is 7.11. The fourth-order valence-corrected chi connectivity index (χ4v) is 2.08. The first-order valence-corrected chi connectivity index (χ1v) is 7.11. The second-order valence-corrected chi connectivity index (χ2v) is 4.79. The van der Waals surface area contributed by atoms with Gasteiger partial charge in [0.25, 0.3) is 0 Å². The third kappa shape index (κ3) is 4.52. The van der Waals surface area contributed by atoms with E-state index in [0.717, 1.165) is 37.8 Å². The minimum atomic E-state index is 0.148. The molecule has 0 bridgehead atoms. The summed E-state index contributed by atoms with van der Waals surface area (Å²) in [5, 5.41) is 3.04. The van der Waals surface area contributed by atoms with Crippen LogP contribution in [0.2, 0.25) is 0 Å². The molecule has 18 heavy (non-hydrogen) atoms. The highest BCUT2D eigenvalue weighted by molar-refractivity contribution is 5.92. The SMILES string of the molecule is CCCCC(CC)C(=O)Nc1cccc(CC)c1. The van der Waals surface area contributed by atoms with Crippen LogP contribution in [0.4, 0.5) is 5.69 Å². The van der Waals surface area contributed by atoms with Gasteiger partial charge in [0, 0.05) is 11.6 Å². The normalized spacial score (nSPS) is 12.2. The first kappa shape index (κ1) is 14.7. The van der Waals surface area contributed by atoms with E-state index in [2.05, 4.69) is 38.2 Å². The maximum Gasteiger partial charge on any atom is 0.227 e. The summed E-state index contributed by atoms with van der Waals surface area (Å²) in [7, 11) is 0. The summed E-state index contributed by atoms with van der Waals surface area (Å²) in [5.74, 6) is 0.314. The third-order valence-corrected chi connectivity index (χ3v) is 3.37. The van der Waals surface area contributed by atoms with E-state index in [4.69, 9.17) is 0 Å². The Morgan fingerprint density at radius 2 is 2.06 bits per heavy atom. The molecule has 0 spiro atoms. The third-order valence-electron chi connectivity index (χ3n) is 3.37. The average Bonchev–Trinajstić information content (AvgIpc) is 2.40. The van der Waals surface area contributed by atoms with Gasteiger partial charge in [-0.1, -0.05) is 45.7 Å². The van der Waals surface area contributed by atoms with Crippen LogP contribution in [0.15, 0.2) is 24.3 Å². The highest BCUT2D eigenvalue weighted by Gasteiger charge is 2.15. The van der Waals surface area contributed by atoms with E-state index < -0.39 is 0 Å². The standard InChI is InChI=1S/C16H25NO/c1-4-7-10-14(6-3)16(18)17-15-11-8-9-13(5-2)12-15/h8-9,11-12,14H,4-7,10H2,1-3H3,(H,17,18). The van der Waals surface area contributed by atoms with Crippen molar-refractivity contribution in [3.63, 3.8) is 0 Å². The van der Waals surface area contributed by atoms with Gasteiger partial charge in [0.15, 0.2) is 0 Å². The molecule has 0 aliphatic heterocycles. The summed E-state index contributed by atoms with van der Waals surface area (Å²) in [6.45, 7) is 6.37. The van der Waals surface area contributed by atoms with Crippen LogP contribution >= 0.6 is 0 Å². The van der Waals surface area contributed by atoms with Gasteiger partial charge in [-0.15, -0.1) is 0 Å². The molecule has 100 valence electrons. The van der Waals surface area contributed by atoms with Crippen molar-refractivity contribution in [2.75, 3.05) is 5.32 Å². The predicted octanol–water partition coefficient (Wildman–Crippen LogP) is 4.40. The van der Waals surface area contributed by atoms with Crippen molar-refractivity contribution in [3.8, 4) is 0 Å². The topological polar surface area (TPSA) is 29.1 Å². The molecule has 0 heterocycles. The summed E-state index contributed by atoms with van der Waals surface area (Å²) >= 11 is 0. The molecule has 0 saturated heterocycles. The lowest BCUT2D eigenvalue weighted by molar-refractivity contribution is -0.120. The Labute approximate surface area is 111 Å². The van der Waals surface area contributed by atoms with Crippen LogP contribution in [-0.2, 0) is 11.2 Å². The van der Waals surface area contributed by atoms with E-state index >= 15 is 0 Å². The highest BCUT2D eigenvalue weighted by atomic mass is 16.1. The summed E-state index contributed by atoms with van der Waals surface area (Å²) in [6, 6.07) is 8.11. The molecular weight excluding hydrogens is 222 g/mol. The van der Waals surface area contributed by atoms with Crippen LogP contribution in [0.5, 0.6) is 0 Å². The summed E-state index contributed by atoms with van der Waals surface area (Å²) in [4.78, 5) is 12.1. The summed E-state index contributed by atoms with van der Waals surface area (Å²) in [5.41, 5.74) is 2.18. The van der Waals surface area contributed by atoms with Crippen LogP contribution in [0.1, 0.15) is 52.0 Å². The maximum atomic E-state index is 12.1. The molecule has 1 N–H and O–H groups in total. The molecule has 2 nitrogen and oxygen atoms in total. The monoisotopic (exact) mass is 247 g/mol. The molecule has 0 aliphatic carbocycles. The van der Waals surface area contributed by atoms with Crippen LogP contribution in [-0.4, -0.2) is 5.91 Å². The first-order chi connectivity index (χ1) is 8.71. The number of hydrogen-bond donors (Lipinski definition) is 1. The molecule has 1 atom stereocenters. The van der Waals surface area contributed by atoms with E-state index in [9.17, 15) is 4.79 Å². The van der Waals surface area contributed by atoms with Crippen molar-refractivity contribution in [1.82, 2.24) is 0 Å².